The summed E-state index contributed by atoms with van der Waals surface area (Å²) in [5.74, 6) is -0.139. The summed E-state index contributed by atoms with van der Waals surface area (Å²) in [6.45, 7) is 0. The fraction of sp³-hybridized carbons (Fsp3) is 0.0476. The molecule has 0 radical (unpaired) electrons. The Morgan fingerprint density at radius 3 is 2.65 bits per heavy atom. The topological polar surface area (TPSA) is 42.0 Å². The van der Waals surface area contributed by atoms with Gasteiger partial charge >= 0.3 is 0 Å². The van der Waals surface area contributed by atoms with Crippen molar-refractivity contribution in [2.24, 2.45) is 0 Å². The smallest absolute Gasteiger partial charge is 0.228 e. The number of anilines is 1. The van der Waals surface area contributed by atoms with Gasteiger partial charge in [0.15, 0.2) is 0 Å². The molecule has 130 valence electrons. The van der Waals surface area contributed by atoms with Crippen LogP contribution in [-0.2, 0) is 11.2 Å². The zero-order chi connectivity index (χ0) is 18.4. The highest BCUT2D eigenvalue weighted by Crippen LogP contribution is 2.22. The van der Waals surface area contributed by atoms with Crippen LogP contribution in [0.2, 0.25) is 10.0 Å². The summed E-state index contributed by atoms with van der Waals surface area (Å²) in [6.07, 6.45) is 5.81. The van der Waals surface area contributed by atoms with Crippen molar-refractivity contribution < 1.29 is 4.79 Å². The molecule has 0 aliphatic rings. The van der Waals surface area contributed by atoms with Gasteiger partial charge in [-0.2, -0.15) is 0 Å². The van der Waals surface area contributed by atoms with Crippen LogP contribution in [0.5, 0.6) is 0 Å². The first-order valence-corrected chi connectivity index (χ1v) is 8.79. The van der Waals surface area contributed by atoms with Gasteiger partial charge in [0.2, 0.25) is 5.91 Å². The van der Waals surface area contributed by atoms with Gasteiger partial charge in [-0.3, -0.25) is 9.78 Å². The number of nitrogens with one attached hydrogen (secondary N) is 1. The van der Waals surface area contributed by atoms with Crippen molar-refractivity contribution in [3.63, 3.8) is 0 Å². The van der Waals surface area contributed by atoms with E-state index < -0.39 is 0 Å². The molecule has 0 aliphatic carbocycles. The Bertz CT molecular complexity index is 940. The van der Waals surface area contributed by atoms with Crippen LogP contribution in [0.25, 0.3) is 12.2 Å². The number of halogens is 2. The SMILES string of the molecule is O=C(Cc1ccc(Cl)cc1Cl)Nc1cccc(/C=C/c2ccccn2)c1. The molecule has 0 saturated carbocycles. The number of amides is 1. The molecule has 0 saturated heterocycles. The molecule has 5 heteroatoms. The van der Waals surface area contributed by atoms with Crippen LogP contribution in [0, 0.1) is 0 Å². The van der Waals surface area contributed by atoms with Gasteiger partial charge in [0.25, 0.3) is 0 Å². The summed E-state index contributed by atoms with van der Waals surface area (Å²) in [7, 11) is 0. The second-order valence-corrected chi connectivity index (χ2v) is 6.52. The predicted octanol–water partition coefficient (Wildman–Crippen LogP) is 5.74. The highest BCUT2D eigenvalue weighted by molar-refractivity contribution is 6.35. The molecule has 1 aromatic heterocycles. The Kier molecular flexibility index (Phi) is 6.05. The molecule has 0 spiro atoms. The highest BCUT2D eigenvalue weighted by Gasteiger charge is 2.08. The summed E-state index contributed by atoms with van der Waals surface area (Å²) in [6, 6.07) is 18.5. The lowest BCUT2D eigenvalue weighted by atomic mass is 10.1. The first-order chi connectivity index (χ1) is 12.6. The van der Waals surface area contributed by atoms with Gasteiger partial charge in [0, 0.05) is 21.9 Å². The summed E-state index contributed by atoms with van der Waals surface area (Å²) in [5, 5.41) is 3.92. The third-order valence-electron chi connectivity index (χ3n) is 3.67. The molecule has 3 aromatic rings. The lowest BCUT2D eigenvalue weighted by Gasteiger charge is -2.08. The lowest BCUT2D eigenvalue weighted by Crippen LogP contribution is -2.14. The van der Waals surface area contributed by atoms with Crippen LogP contribution in [-0.4, -0.2) is 10.9 Å². The summed E-state index contributed by atoms with van der Waals surface area (Å²) in [4.78, 5) is 16.5. The quantitative estimate of drug-likeness (QED) is 0.611. The van der Waals surface area contributed by atoms with Gasteiger partial charge < -0.3 is 5.32 Å². The molecule has 0 unspecified atom stereocenters. The number of carbonyl (C=O) groups excluding carboxylic acids is 1. The average molecular weight is 383 g/mol. The summed E-state index contributed by atoms with van der Waals surface area (Å²) >= 11 is 12.0. The monoisotopic (exact) mass is 382 g/mol. The van der Waals surface area contributed by atoms with E-state index in [0.717, 1.165) is 22.5 Å². The summed E-state index contributed by atoms with van der Waals surface area (Å²) < 4.78 is 0. The largest absolute Gasteiger partial charge is 0.326 e. The van der Waals surface area contributed by atoms with Gasteiger partial charge in [0.05, 0.1) is 12.1 Å². The van der Waals surface area contributed by atoms with E-state index in [9.17, 15) is 4.79 Å². The Balaban J connectivity index is 1.66. The number of hydrogen-bond donors (Lipinski definition) is 1. The maximum Gasteiger partial charge on any atom is 0.228 e. The Hall–Kier alpha value is -2.62. The molecule has 1 amide bonds. The van der Waals surface area contributed by atoms with Crippen molar-refractivity contribution in [3.8, 4) is 0 Å². The molecule has 3 rings (SSSR count). The van der Waals surface area contributed by atoms with Gasteiger partial charge in [-0.1, -0.05) is 53.5 Å². The molecule has 0 bridgehead atoms. The minimum atomic E-state index is -0.139. The number of benzene rings is 2. The molecule has 26 heavy (non-hydrogen) atoms. The first-order valence-electron chi connectivity index (χ1n) is 8.03. The molecular weight excluding hydrogens is 367 g/mol. The van der Waals surface area contributed by atoms with Gasteiger partial charge in [-0.15, -0.1) is 0 Å². The maximum absolute atomic E-state index is 12.3. The normalized spacial score (nSPS) is 10.8. The van der Waals surface area contributed by atoms with E-state index in [4.69, 9.17) is 23.2 Å². The van der Waals surface area contributed by atoms with Gasteiger partial charge in [-0.05, 0) is 53.6 Å². The van der Waals surface area contributed by atoms with E-state index in [1.54, 1.807) is 24.4 Å². The molecule has 0 atom stereocenters. The third-order valence-corrected chi connectivity index (χ3v) is 4.26. The van der Waals surface area contributed by atoms with Crippen LogP contribution < -0.4 is 5.32 Å². The number of aromatic nitrogens is 1. The molecule has 1 N–H and O–H groups in total. The van der Waals surface area contributed by atoms with E-state index in [1.807, 2.05) is 54.6 Å². The van der Waals surface area contributed by atoms with Crippen molar-refractivity contribution in [2.75, 3.05) is 5.32 Å². The van der Waals surface area contributed by atoms with E-state index in [-0.39, 0.29) is 12.3 Å². The molecule has 3 nitrogen and oxygen atoms in total. The zero-order valence-corrected chi connectivity index (χ0v) is 15.3. The van der Waals surface area contributed by atoms with E-state index in [2.05, 4.69) is 10.3 Å². The standard InChI is InChI=1S/C21H16Cl2N2O/c22-17-9-8-16(20(23)14-17)13-21(26)25-19-6-3-4-15(12-19)7-10-18-5-1-2-11-24-18/h1-12,14H,13H2,(H,25,26)/b10-7+. The van der Waals surface area contributed by atoms with E-state index >= 15 is 0 Å². The van der Waals surface area contributed by atoms with Gasteiger partial charge in [-0.25, -0.2) is 0 Å². The minimum absolute atomic E-state index is 0.139. The molecule has 1 heterocycles. The van der Waals surface area contributed by atoms with Crippen LogP contribution in [0.15, 0.2) is 66.9 Å². The second kappa shape index (κ2) is 8.65. The third kappa shape index (κ3) is 5.19. The fourth-order valence-electron chi connectivity index (χ4n) is 2.42. The van der Waals surface area contributed by atoms with Crippen LogP contribution in [0.3, 0.4) is 0 Å². The van der Waals surface area contributed by atoms with Crippen LogP contribution >= 0.6 is 23.2 Å². The Morgan fingerprint density at radius 2 is 1.88 bits per heavy atom. The number of hydrogen-bond acceptors (Lipinski definition) is 2. The van der Waals surface area contributed by atoms with Crippen molar-refractivity contribution in [1.29, 1.82) is 0 Å². The van der Waals surface area contributed by atoms with Crippen molar-refractivity contribution in [1.82, 2.24) is 4.98 Å². The molecular formula is C21H16Cl2N2O. The van der Waals surface area contributed by atoms with E-state index in [0.29, 0.717) is 10.0 Å². The van der Waals surface area contributed by atoms with Crippen molar-refractivity contribution >= 4 is 46.9 Å². The number of nitrogens with zero attached hydrogens (tertiary/aromatic N) is 1. The molecule has 0 aliphatic heterocycles. The van der Waals surface area contributed by atoms with Crippen molar-refractivity contribution in [3.05, 3.63) is 93.7 Å². The predicted molar refractivity (Wildman–Crippen MR) is 108 cm³/mol. The summed E-state index contributed by atoms with van der Waals surface area (Å²) in [5.41, 5.74) is 3.31. The highest BCUT2D eigenvalue weighted by atomic mass is 35.5. The van der Waals surface area contributed by atoms with Crippen molar-refractivity contribution in [2.45, 2.75) is 6.42 Å². The second-order valence-electron chi connectivity index (χ2n) is 5.67. The Labute approximate surface area is 162 Å². The van der Waals surface area contributed by atoms with Crippen LogP contribution in [0.4, 0.5) is 5.69 Å². The maximum atomic E-state index is 12.3. The number of rotatable bonds is 5. The number of pyridine rings is 1. The first kappa shape index (κ1) is 18.2. The van der Waals surface area contributed by atoms with Gasteiger partial charge in [0.1, 0.15) is 0 Å². The fourth-order valence-corrected chi connectivity index (χ4v) is 2.89. The average Bonchev–Trinajstić information content (AvgIpc) is 2.63. The number of carbonyl (C=O) groups is 1. The van der Waals surface area contributed by atoms with E-state index in [1.165, 1.54) is 0 Å². The zero-order valence-electron chi connectivity index (χ0n) is 13.8. The Morgan fingerprint density at radius 1 is 1.00 bits per heavy atom. The molecule has 0 fully saturated rings. The minimum Gasteiger partial charge on any atom is -0.326 e. The lowest BCUT2D eigenvalue weighted by molar-refractivity contribution is -0.115. The molecule has 2 aromatic carbocycles. The van der Waals surface area contributed by atoms with Crippen LogP contribution in [0.1, 0.15) is 16.8 Å².